The molecular formula is C26H27ClN4O4. The van der Waals surface area contributed by atoms with E-state index in [0.717, 1.165) is 35.3 Å². The number of primary amides is 1. The van der Waals surface area contributed by atoms with Crippen molar-refractivity contribution in [2.24, 2.45) is 17.6 Å². The molecular weight excluding hydrogens is 468 g/mol. The molecule has 3 aliphatic rings. The molecule has 2 aromatic carbocycles. The number of aryl methyl sites for hydroxylation is 2. The summed E-state index contributed by atoms with van der Waals surface area (Å²) in [6.07, 6.45) is 2.84. The third kappa shape index (κ3) is 3.46. The Balaban J connectivity index is 1.61. The highest BCUT2D eigenvalue weighted by atomic mass is 35.5. The van der Waals surface area contributed by atoms with Crippen molar-refractivity contribution in [1.29, 1.82) is 0 Å². The van der Waals surface area contributed by atoms with Crippen LogP contribution in [0.25, 0.3) is 0 Å². The van der Waals surface area contributed by atoms with Gasteiger partial charge < -0.3 is 11.1 Å². The Kier molecular flexibility index (Phi) is 5.68. The SMILES string of the molecule is CCCCc1ccc(N2C(=O)[C@@H]3[C@@H](C2=O)[C@]2(N[C@@H]3CC(N)=O)C(=O)Nc3c(Cl)cc(C)cc32)cc1. The van der Waals surface area contributed by atoms with Gasteiger partial charge in [-0.15, -0.1) is 0 Å². The van der Waals surface area contributed by atoms with E-state index in [4.69, 9.17) is 17.3 Å². The predicted molar refractivity (Wildman–Crippen MR) is 132 cm³/mol. The van der Waals surface area contributed by atoms with Crippen molar-refractivity contribution in [2.75, 3.05) is 10.2 Å². The molecule has 35 heavy (non-hydrogen) atoms. The summed E-state index contributed by atoms with van der Waals surface area (Å²) in [5, 5.41) is 6.33. The lowest BCUT2D eigenvalue weighted by atomic mass is 9.76. The van der Waals surface area contributed by atoms with Crippen LogP contribution in [0, 0.1) is 18.8 Å². The molecule has 2 fully saturated rings. The number of fused-ring (bicyclic) bond motifs is 4. The summed E-state index contributed by atoms with van der Waals surface area (Å²) in [6, 6.07) is 10.1. The van der Waals surface area contributed by atoms with Gasteiger partial charge >= 0.3 is 0 Å². The highest BCUT2D eigenvalue weighted by molar-refractivity contribution is 6.35. The van der Waals surface area contributed by atoms with Crippen LogP contribution in [0.3, 0.4) is 0 Å². The molecule has 0 bridgehead atoms. The van der Waals surface area contributed by atoms with Crippen LogP contribution in [0.5, 0.6) is 0 Å². The number of benzene rings is 2. The molecule has 0 aromatic heterocycles. The molecule has 4 N–H and O–H groups in total. The van der Waals surface area contributed by atoms with Gasteiger partial charge in [-0.25, -0.2) is 4.90 Å². The largest absolute Gasteiger partial charge is 0.370 e. The van der Waals surface area contributed by atoms with Crippen LogP contribution < -0.4 is 21.3 Å². The van der Waals surface area contributed by atoms with Crippen LogP contribution in [0.2, 0.25) is 5.02 Å². The molecule has 182 valence electrons. The minimum Gasteiger partial charge on any atom is -0.370 e. The van der Waals surface area contributed by atoms with E-state index in [2.05, 4.69) is 17.6 Å². The third-order valence-corrected chi connectivity index (χ3v) is 7.65. The number of nitrogens with one attached hydrogen (secondary N) is 2. The Bertz CT molecular complexity index is 1260. The number of imide groups is 1. The first-order valence-electron chi connectivity index (χ1n) is 11.8. The Hall–Kier alpha value is -3.23. The van der Waals surface area contributed by atoms with Gasteiger partial charge in [0.15, 0.2) is 0 Å². The van der Waals surface area contributed by atoms with Crippen LogP contribution in [0.15, 0.2) is 36.4 Å². The number of unbranched alkanes of at least 4 members (excludes halogenated alkanes) is 1. The summed E-state index contributed by atoms with van der Waals surface area (Å²) in [5.74, 6) is -4.00. The van der Waals surface area contributed by atoms with Crippen LogP contribution in [-0.2, 0) is 31.1 Å². The summed E-state index contributed by atoms with van der Waals surface area (Å²) in [7, 11) is 0. The molecule has 0 unspecified atom stereocenters. The highest BCUT2D eigenvalue weighted by Crippen LogP contribution is 2.55. The second kappa shape index (κ2) is 8.46. The monoisotopic (exact) mass is 494 g/mol. The lowest BCUT2D eigenvalue weighted by Crippen LogP contribution is -2.53. The first-order chi connectivity index (χ1) is 16.7. The van der Waals surface area contributed by atoms with E-state index in [1.807, 2.05) is 19.1 Å². The van der Waals surface area contributed by atoms with Crippen molar-refractivity contribution in [3.63, 3.8) is 0 Å². The van der Waals surface area contributed by atoms with Crippen molar-refractivity contribution in [3.05, 3.63) is 58.1 Å². The standard InChI is InChI=1S/C26H27ClN4O4/c1-3-4-5-14-6-8-15(9-7-14)31-23(33)20-18(12-19(28)32)30-26(21(20)24(31)34)16-10-13(2)11-17(27)22(16)29-25(26)35/h6-11,18,20-21,30H,3-5,12H2,1-2H3,(H2,28,32)(H,29,35)/t18-,20+,21+,26+/m1/s1. The van der Waals surface area contributed by atoms with Crippen LogP contribution in [0.4, 0.5) is 11.4 Å². The molecule has 1 spiro atoms. The molecule has 3 aliphatic heterocycles. The molecule has 3 heterocycles. The molecule has 0 aliphatic carbocycles. The number of hydrogen-bond acceptors (Lipinski definition) is 5. The molecule has 8 nitrogen and oxygen atoms in total. The number of rotatable bonds is 6. The number of halogens is 1. The molecule has 2 aromatic rings. The fourth-order valence-electron chi connectivity index (χ4n) is 5.83. The fourth-order valence-corrected chi connectivity index (χ4v) is 6.15. The van der Waals surface area contributed by atoms with Gasteiger partial charge in [0.25, 0.3) is 0 Å². The Morgan fingerprint density at radius 3 is 2.51 bits per heavy atom. The fraction of sp³-hybridized carbons (Fsp3) is 0.385. The maximum atomic E-state index is 13.9. The van der Waals surface area contributed by atoms with Gasteiger partial charge in [0.1, 0.15) is 5.54 Å². The number of carbonyl (C=O) groups is 4. The van der Waals surface area contributed by atoms with Crippen molar-refractivity contribution in [3.8, 4) is 0 Å². The summed E-state index contributed by atoms with van der Waals surface area (Å²) in [6.45, 7) is 3.96. The summed E-state index contributed by atoms with van der Waals surface area (Å²) in [4.78, 5) is 54.2. The van der Waals surface area contributed by atoms with Crippen molar-refractivity contribution >= 4 is 46.6 Å². The van der Waals surface area contributed by atoms with Crippen LogP contribution in [0.1, 0.15) is 42.9 Å². The van der Waals surface area contributed by atoms with E-state index in [-0.39, 0.29) is 6.42 Å². The average Bonchev–Trinajstić information content (AvgIpc) is 3.38. The smallest absolute Gasteiger partial charge is 0.250 e. The van der Waals surface area contributed by atoms with E-state index in [9.17, 15) is 19.2 Å². The molecule has 5 rings (SSSR count). The van der Waals surface area contributed by atoms with Gasteiger partial charge in [-0.3, -0.25) is 24.5 Å². The quantitative estimate of drug-likeness (QED) is 0.533. The second-order valence-electron chi connectivity index (χ2n) is 9.64. The molecule has 0 saturated carbocycles. The number of nitrogens with two attached hydrogens (primary N) is 1. The molecule has 4 amide bonds. The van der Waals surface area contributed by atoms with Gasteiger partial charge in [0.05, 0.1) is 28.2 Å². The lowest BCUT2D eigenvalue weighted by molar-refractivity contribution is -0.130. The number of amides is 4. The lowest BCUT2D eigenvalue weighted by Gasteiger charge is -2.29. The number of carbonyl (C=O) groups excluding carboxylic acids is 4. The van der Waals surface area contributed by atoms with E-state index < -0.39 is 47.0 Å². The number of nitrogens with zero attached hydrogens (tertiary/aromatic N) is 1. The normalized spacial score (nSPS) is 26.9. The van der Waals surface area contributed by atoms with Gasteiger partial charge in [0.2, 0.25) is 23.6 Å². The second-order valence-corrected chi connectivity index (χ2v) is 10.0. The number of hydrogen-bond donors (Lipinski definition) is 3. The average molecular weight is 495 g/mol. The van der Waals surface area contributed by atoms with Crippen molar-refractivity contribution < 1.29 is 19.2 Å². The topological polar surface area (TPSA) is 122 Å². The molecule has 2 saturated heterocycles. The Labute approximate surface area is 208 Å². The zero-order valence-corrected chi connectivity index (χ0v) is 20.3. The Morgan fingerprint density at radius 2 is 1.86 bits per heavy atom. The summed E-state index contributed by atoms with van der Waals surface area (Å²) < 4.78 is 0. The first-order valence-corrected chi connectivity index (χ1v) is 12.2. The maximum Gasteiger partial charge on any atom is 0.250 e. The molecule has 0 radical (unpaired) electrons. The van der Waals surface area contributed by atoms with Crippen molar-refractivity contribution in [1.82, 2.24) is 5.32 Å². The van der Waals surface area contributed by atoms with Gasteiger partial charge in [-0.05, 0) is 49.1 Å². The maximum absolute atomic E-state index is 13.9. The first kappa shape index (κ1) is 23.5. The van der Waals surface area contributed by atoms with Crippen LogP contribution in [-0.4, -0.2) is 29.7 Å². The summed E-state index contributed by atoms with van der Waals surface area (Å²) in [5.41, 5.74) is 7.25. The van der Waals surface area contributed by atoms with E-state index in [1.54, 1.807) is 24.3 Å². The van der Waals surface area contributed by atoms with Gasteiger partial charge in [-0.2, -0.15) is 0 Å². The molecule has 9 heteroatoms. The zero-order chi connectivity index (χ0) is 25.1. The minimum absolute atomic E-state index is 0.187. The van der Waals surface area contributed by atoms with Crippen LogP contribution >= 0.6 is 11.6 Å². The predicted octanol–water partition coefficient (Wildman–Crippen LogP) is 2.79. The zero-order valence-electron chi connectivity index (χ0n) is 19.6. The van der Waals surface area contributed by atoms with Crippen molar-refractivity contribution in [2.45, 2.75) is 51.1 Å². The minimum atomic E-state index is -1.53. The van der Waals surface area contributed by atoms with E-state index in [0.29, 0.717) is 22.0 Å². The third-order valence-electron chi connectivity index (χ3n) is 7.35. The van der Waals surface area contributed by atoms with E-state index >= 15 is 0 Å². The Morgan fingerprint density at radius 1 is 1.14 bits per heavy atom. The number of anilines is 2. The highest BCUT2D eigenvalue weighted by Gasteiger charge is 2.71. The molecule has 4 atom stereocenters. The van der Waals surface area contributed by atoms with E-state index in [1.165, 1.54) is 0 Å². The summed E-state index contributed by atoms with van der Waals surface area (Å²) >= 11 is 6.43. The van der Waals surface area contributed by atoms with Gasteiger partial charge in [0, 0.05) is 18.0 Å². The van der Waals surface area contributed by atoms with Gasteiger partial charge in [-0.1, -0.05) is 43.1 Å².